The second-order valence-corrected chi connectivity index (χ2v) is 7.02. The highest BCUT2D eigenvalue weighted by Crippen LogP contribution is 2.23. The van der Waals surface area contributed by atoms with E-state index in [1.807, 2.05) is 36.4 Å². The molecule has 28 heavy (non-hydrogen) atoms. The third-order valence-corrected chi connectivity index (χ3v) is 5.08. The van der Waals surface area contributed by atoms with Crippen molar-refractivity contribution in [3.05, 3.63) is 65.2 Å². The fraction of sp³-hybridized carbons (Fsp3) is 0.286. The average Bonchev–Trinajstić information content (AvgIpc) is 3.35. The van der Waals surface area contributed by atoms with Gasteiger partial charge in [0.25, 0.3) is 5.91 Å². The molecule has 1 fully saturated rings. The van der Waals surface area contributed by atoms with Crippen LogP contribution in [0.5, 0.6) is 0 Å². The van der Waals surface area contributed by atoms with Crippen LogP contribution in [-0.4, -0.2) is 35.9 Å². The molecule has 1 unspecified atom stereocenters. The van der Waals surface area contributed by atoms with Crippen LogP contribution < -0.4 is 10.6 Å². The lowest BCUT2D eigenvalue weighted by atomic mass is 10.1. The molecule has 2 heterocycles. The number of hydrogen-bond acceptors (Lipinski definition) is 4. The molecule has 3 amide bonds. The zero-order chi connectivity index (χ0) is 19.5. The van der Waals surface area contributed by atoms with E-state index in [9.17, 15) is 14.4 Å². The first-order valence-corrected chi connectivity index (χ1v) is 9.28. The number of amides is 3. The number of benzene rings is 2. The maximum atomic E-state index is 12.6. The van der Waals surface area contributed by atoms with Gasteiger partial charge in [0.05, 0.1) is 5.92 Å². The Bertz CT molecular complexity index is 913. The number of anilines is 1. The van der Waals surface area contributed by atoms with Crippen molar-refractivity contribution in [2.45, 2.75) is 19.6 Å². The summed E-state index contributed by atoms with van der Waals surface area (Å²) in [5.74, 6) is -0.581. The van der Waals surface area contributed by atoms with E-state index >= 15 is 0 Å². The number of nitrogens with one attached hydrogen (secondary N) is 2. The molecule has 2 aromatic rings. The molecule has 7 nitrogen and oxygen atoms in total. The third-order valence-electron chi connectivity index (χ3n) is 5.08. The molecular formula is C21H21N3O4. The number of likely N-dealkylation sites (tertiary alicyclic amines) is 1. The van der Waals surface area contributed by atoms with Crippen molar-refractivity contribution in [3.63, 3.8) is 0 Å². The van der Waals surface area contributed by atoms with Crippen LogP contribution in [0.15, 0.2) is 48.5 Å². The Kier molecular flexibility index (Phi) is 4.97. The largest absolute Gasteiger partial charge is 0.445 e. The first-order chi connectivity index (χ1) is 13.6. The van der Waals surface area contributed by atoms with Crippen molar-refractivity contribution in [1.82, 2.24) is 10.2 Å². The molecule has 0 aromatic heterocycles. The van der Waals surface area contributed by atoms with E-state index in [1.165, 1.54) is 0 Å². The van der Waals surface area contributed by atoms with E-state index in [2.05, 4.69) is 10.6 Å². The Morgan fingerprint density at radius 3 is 2.82 bits per heavy atom. The molecule has 0 radical (unpaired) electrons. The number of rotatable bonds is 4. The van der Waals surface area contributed by atoms with Crippen LogP contribution in [0.3, 0.4) is 0 Å². The molecule has 0 aliphatic carbocycles. The summed E-state index contributed by atoms with van der Waals surface area (Å²) in [6.07, 6.45) is 0.172. The summed E-state index contributed by atoms with van der Waals surface area (Å²) in [6, 6.07) is 14.8. The van der Waals surface area contributed by atoms with Gasteiger partial charge in [-0.05, 0) is 29.7 Å². The van der Waals surface area contributed by atoms with Crippen molar-refractivity contribution in [1.29, 1.82) is 0 Å². The fourth-order valence-corrected chi connectivity index (χ4v) is 3.49. The lowest BCUT2D eigenvalue weighted by Crippen LogP contribution is -2.31. The Labute approximate surface area is 162 Å². The minimum absolute atomic E-state index is 0.126. The monoisotopic (exact) mass is 379 g/mol. The summed E-state index contributed by atoms with van der Waals surface area (Å²) >= 11 is 0. The summed E-state index contributed by atoms with van der Waals surface area (Å²) in [6.45, 7) is 1.54. The Balaban J connectivity index is 1.30. The first-order valence-electron chi connectivity index (χ1n) is 9.28. The topological polar surface area (TPSA) is 87.7 Å². The maximum absolute atomic E-state index is 12.6. The van der Waals surface area contributed by atoms with Crippen LogP contribution in [-0.2, 0) is 22.7 Å². The van der Waals surface area contributed by atoms with Crippen molar-refractivity contribution in [2.24, 2.45) is 5.92 Å². The zero-order valence-electron chi connectivity index (χ0n) is 15.3. The van der Waals surface area contributed by atoms with Crippen LogP contribution in [0.1, 0.15) is 27.9 Å². The van der Waals surface area contributed by atoms with Crippen LogP contribution in [0.25, 0.3) is 0 Å². The van der Waals surface area contributed by atoms with Gasteiger partial charge in [0, 0.05) is 30.9 Å². The molecule has 2 aromatic carbocycles. The van der Waals surface area contributed by atoms with Crippen molar-refractivity contribution < 1.29 is 19.1 Å². The van der Waals surface area contributed by atoms with Gasteiger partial charge < -0.3 is 20.3 Å². The summed E-state index contributed by atoms with van der Waals surface area (Å²) in [5, 5.41) is 5.61. The van der Waals surface area contributed by atoms with E-state index in [1.54, 1.807) is 17.0 Å². The number of carbonyl (C=O) groups is 3. The predicted molar refractivity (Wildman–Crippen MR) is 103 cm³/mol. The molecule has 2 aliphatic rings. The van der Waals surface area contributed by atoms with E-state index in [0.717, 1.165) is 11.1 Å². The summed E-state index contributed by atoms with van der Waals surface area (Å²) in [5.41, 5.74) is 3.03. The standard InChI is InChI=1S/C21H21N3O4/c25-19(23-17-7-6-15-11-22-20(26)18(15)10-17)16-8-9-24(12-16)21(27)28-13-14-4-2-1-3-5-14/h1-7,10,16H,8-9,11-13H2,(H,22,26)(H,23,25). The van der Waals surface area contributed by atoms with Gasteiger partial charge in [0.15, 0.2) is 0 Å². The smallest absolute Gasteiger partial charge is 0.410 e. The molecule has 2 N–H and O–H groups in total. The predicted octanol–water partition coefficient (Wildman–Crippen LogP) is 2.53. The van der Waals surface area contributed by atoms with E-state index < -0.39 is 6.09 Å². The number of nitrogens with zero attached hydrogens (tertiary/aromatic N) is 1. The number of hydrogen-bond donors (Lipinski definition) is 2. The third kappa shape index (κ3) is 3.83. The molecule has 0 saturated carbocycles. The average molecular weight is 379 g/mol. The lowest BCUT2D eigenvalue weighted by molar-refractivity contribution is -0.119. The lowest BCUT2D eigenvalue weighted by Gasteiger charge is -2.16. The summed E-state index contributed by atoms with van der Waals surface area (Å²) in [4.78, 5) is 38.1. The zero-order valence-corrected chi connectivity index (χ0v) is 15.3. The van der Waals surface area contributed by atoms with Gasteiger partial charge in [-0.2, -0.15) is 0 Å². The number of ether oxygens (including phenoxy) is 1. The van der Waals surface area contributed by atoms with E-state index in [-0.39, 0.29) is 24.3 Å². The molecule has 0 bridgehead atoms. The van der Waals surface area contributed by atoms with Crippen LogP contribution >= 0.6 is 0 Å². The van der Waals surface area contributed by atoms with Gasteiger partial charge in [-0.25, -0.2) is 4.79 Å². The second-order valence-electron chi connectivity index (χ2n) is 7.02. The molecule has 0 spiro atoms. The first kappa shape index (κ1) is 18.0. The summed E-state index contributed by atoms with van der Waals surface area (Å²) < 4.78 is 5.33. The number of carbonyl (C=O) groups excluding carboxylic acids is 3. The van der Waals surface area contributed by atoms with Gasteiger partial charge in [-0.15, -0.1) is 0 Å². The van der Waals surface area contributed by atoms with Crippen molar-refractivity contribution in [2.75, 3.05) is 18.4 Å². The number of fused-ring (bicyclic) bond motifs is 1. The highest BCUT2D eigenvalue weighted by atomic mass is 16.6. The molecular weight excluding hydrogens is 358 g/mol. The van der Waals surface area contributed by atoms with E-state index in [4.69, 9.17) is 4.74 Å². The highest BCUT2D eigenvalue weighted by Gasteiger charge is 2.32. The van der Waals surface area contributed by atoms with Gasteiger partial charge in [0.1, 0.15) is 6.61 Å². The molecule has 144 valence electrons. The minimum atomic E-state index is -0.409. The van der Waals surface area contributed by atoms with Gasteiger partial charge in [-0.1, -0.05) is 36.4 Å². The highest BCUT2D eigenvalue weighted by molar-refractivity contribution is 6.00. The van der Waals surface area contributed by atoms with Crippen LogP contribution in [0, 0.1) is 5.92 Å². The van der Waals surface area contributed by atoms with Crippen LogP contribution in [0.2, 0.25) is 0 Å². The Morgan fingerprint density at radius 1 is 1.18 bits per heavy atom. The van der Waals surface area contributed by atoms with Crippen LogP contribution in [0.4, 0.5) is 10.5 Å². The SMILES string of the molecule is O=C1NCc2ccc(NC(=O)C3CCN(C(=O)OCc4ccccc4)C3)cc21. The second kappa shape index (κ2) is 7.72. The Hall–Kier alpha value is -3.35. The molecule has 4 rings (SSSR count). The van der Waals surface area contributed by atoms with Gasteiger partial charge in [-0.3, -0.25) is 9.59 Å². The maximum Gasteiger partial charge on any atom is 0.410 e. The van der Waals surface area contributed by atoms with Crippen molar-refractivity contribution in [3.8, 4) is 0 Å². The quantitative estimate of drug-likeness (QED) is 0.855. The molecule has 1 atom stereocenters. The van der Waals surface area contributed by atoms with Gasteiger partial charge in [0.2, 0.25) is 5.91 Å². The fourth-order valence-electron chi connectivity index (χ4n) is 3.49. The normalized spacial score (nSPS) is 17.8. The van der Waals surface area contributed by atoms with E-state index in [0.29, 0.717) is 37.3 Å². The Morgan fingerprint density at radius 2 is 2.00 bits per heavy atom. The van der Waals surface area contributed by atoms with Gasteiger partial charge >= 0.3 is 6.09 Å². The molecule has 2 aliphatic heterocycles. The minimum Gasteiger partial charge on any atom is -0.445 e. The molecule has 1 saturated heterocycles. The van der Waals surface area contributed by atoms with Crippen molar-refractivity contribution >= 4 is 23.6 Å². The molecule has 7 heteroatoms. The summed E-state index contributed by atoms with van der Waals surface area (Å²) in [7, 11) is 0.